The molecule has 2 fully saturated rings. The van der Waals surface area contributed by atoms with Crippen molar-refractivity contribution in [2.45, 2.75) is 44.7 Å². The van der Waals surface area contributed by atoms with Crippen molar-refractivity contribution < 1.29 is 14.1 Å². The first kappa shape index (κ1) is 16.8. The summed E-state index contributed by atoms with van der Waals surface area (Å²) in [6.45, 7) is 0.896. The molecule has 2 amide bonds. The lowest BCUT2D eigenvalue weighted by Crippen LogP contribution is -2.30. The van der Waals surface area contributed by atoms with Gasteiger partial charge in [0.05, 0.1) is 6.54 Å². The van der Waals surface area contributed by atoms with Crippen LogP contribution < -0.4 is 5.32 Å². The van der Waals surface area contributed by atoms with Gasteiger partial charge in [0.2, 0.25) is 17.7 Å². The van der Waals surface area contributed by atoms with Crippen molar-refractivity contribution in [1.29, 1.82) is 0 Å². The van der Waals surface area contributed by atoms with E-state index in [9.17, 15) is 9.59 Å². The number of carbonyl (C=O) groups is 2. The first-order valence-electron chi connectivity index (χ1n) is 9.14. The van der Waals surface area contributed by atoms with Crippen LogP contribution in [0.2, 0.25) is 0 Å². The van der Waals surface area contributed by atoms with Gasteiger partial charge >= 0.3 is 0 Å². The quantitative estimate of drug-likeness (QED) is 0.822. The molecule has 2 aliphatic rings. The molecule has 1 aromatic heterocycles. The number of nitrogens with zero attached hydrogens (tertiary/aromatic N) is 3. The van der Waals surface area contributed by atoms with E-state index in [1.807, 2.05) is 23.1 Å². The van der Waals surface area contributed by atoms with Crippen LogP contribution in [-0.2, 0) is 22.6 Å². The number of benzene rings is 1. The molecule has 1 aliphatic carbocycles. The molecule has 2 heterocycles. The van der Waals surface area contributed by atoms with Crippen LogP contribution >= 0.6 is 0 Å². The highest BCUT2D eigenvalue weighted by atomic mass is 16.5. The van der Waals surface area contributed by atoms with E-state index in [4.69, 9.17) is 4.52 Å². The molecule has 0 radical (unpaired) electrons. The molecule has 0 spiro atoms. The number of likely N-dealkylation sites (tertiary alicyclic amines) is 1. The van der Waals surface area contributed by atoms with Crippen LogP contribution in [0.25, 0.3) is 0 Å². The number of aromatic nitrogens is 2. The third kappa shape index (κ3) is 3.76. The highest BCUT2D eigenvalue weighted by Gasteiger charge is 2.35. The Morgan fingerprint density at radius 3 is 2.81 bits per heavy atom. The molecule has 1 saturated heterocycles. The zero-order valence-corrected chi connectivity index (χ0v) is 14.6. The van der Waals surface area contributed by atoms with E-state index in [2.05, 4.69) is 27.6 Å². The van der Waals surface area contributed by atoms with E-state index in [1.165, 1.54) is 5.56 Å². The van der Waals surface area contributed by atoms with E-state index in [0.29, 0.717) is 31.1 Å². The summed E-state index contributed by atoms with van der Waals surface area (Å²) in [6.07, 6.45) is 3.90. The lowest BCUT2D eigenvalue weighted by Gasteiger charge is -2.21. The van der Waals surface area contributed by atoms with E-state index in [-0.39, 0.29) is 30.3 Å². The van der Waals surface area contributed by atoms with Gasteiger partial charge in [0.1, 0.15) is 6.04 Å². The van der Waals surface area contributed by atoms with Gasteiger partial charge in [-0.25, -0.2) is 0 Å². The number of hydrogen-bond acceptors (Lipinski definition) is 5. The fourth-order valence-corrected chi connectivity index (χ4v) is 3.30. The number of nitrogens with one attached hydrogen (secondary N) is 1. The molecule has 2 aromatic rings. The van der Waals surface area contributed by atoms with Crippen molar-refractivity contribution in [2.24, 2.45) is 5.92 Å². The Bertz CT molecular complexity index is 785. The number of carbonyl (C=O) groups excluding carboxylic acids is 2. The van der Waals surface area contributed by atoms with Gasteiger partial charge in [0.25, 0.3) is 0 Å². The minimum absolute atomic E-state index is 0.0527. The molecule has 1 saturated carbocycles. The van der Waals surface area contributed by atoms with Crippen molar-refractivity contribution >= 4 is 11.8 Å². The molecular formula is C19H22N4O3. The van der Waals surface area contributed by atoms with E-state index in [1.54, 1.807) is 0 Å². The largest absolute Gasteiger partial charge is 0.348 e. The molecule has 0 bridgehead atoms. The molecule has 1 aromatic carbocycles. The van der Waals surface area contributed by atoms with Crippen LogP contribution in [0.4, 0.5) is 0 Å². The van der Waals surface area contributed by atoms with E-state index < -0.39 is 0 Å². The molecule has 7 heteroatoms. The third-order valence-electron chi connectivity index (χ3n) is 4.95. The number of hydrogen-bond donors (Lipinski definition) is 1. The maximum Gasteiger partial charge on any atom is 0.249 e. The summed E-state index contributed by atoms with van der Waals surface area (Å²) in [7, 11) is 0. The Morgan fingerprint density at radius 2 is 2.04 bits per heavy atom. The monoisotopic (exact) mass is 354 g/mol. The fourth-order valence-electron chi connectivity index (χ4n) is 3.30. The second-order valence-electron chi connectivity index (χ2n) is 6.92. The summed E-state index contributed by atoms with van der Waals surface area (Å²) in [5.74, 6) is 1.24. The first-order valence-corrected chi connectivity index (χ1v) is 9.14. The van der Waals surface area contributed by atoms with Crippen LogP contribution in [0.15, 0.2) is 34.9 Å². The van der Waals surface area contributed by atoms with Crippen LogP contribution in [0.1, 0.15) is 49.0 Å². The van der Waals surface area contributed by atoms with Gasteiger partial charge in [-0.3, -0.25) is 9.59 Å². The Kier molecular flexibility index (Phi) is 4.69. The summed E-state index contributed by atoms with van der Waals surface area (Å²) in [6, 6.07) is 9.92. The standard InChI is InChI=1S/C19H22N4O3/c24-17-9-8-15(23(17)11-10-13-4-2-1-3-5-13)19-21-16(22-26-19)12-20-18(25)14-6-7-14/h1-5,14-15H,6-12H2,(H,20,25)/t15-/m0/s1. The molecule has 136 valence electrons. The SMILES string of the molecule is O=C(NCc1noc([C@@H]2CCC(=O)N2CCc2ccccc2)n1)C1CC1. The normalized spacial score (nSPS) is 19.8. The van der Waals surface area contributed by atoms with Crippen molar-refractivity contribution in [1.82, 2.24) is 20.4 Å². The van der Waals surface area contributed by atoms with Gasteiger partial charge in [-0.1, -0.05) is 35.5 Å². The van der Waals surface area contributed by atoms with Crippen LogP contribution in [0.5, 0.6) is 0 Å². The molecule has 26 heavy (non-hydrogen) atoms. The first-order chi connectivity index (χ1) is 12.7. The molecule has 7 nitrogen and oxygen atoms in total. The average Bonchev–Trinajstić information content (AvgIpc) is 3.31. The van der Waals surface area contributed by atoms with E-state index in [0.717, 1.165) is 19.3 Å². The Balaban J connectivity index is 1.37. The van der Waals surface area contributed by atoms with E-state index >= 15 is 0 Å². The lowest BCUT2D eigenvalue weighted by atomic mass is 10.1. The fraction of sp³-hybridized carbons (Fsp3) is 0.474. The minimum atomic E-state index is -0.174. The van der Waals surface area contributed by atoms with Crippen molar-refractivity contribution in [3.63, 3.8) is 0 Å². The van der Waals surface area contributed by atoms with Gasteiger partial charge in [0, 0.05) is 18.9 Å². The Labute approximate surface area is 151 Å². The predicted molar refractivity (Wildman–Crippen MR) is 92.7 cm³/mol. The van der Waals surface area contributed by atoms with Gasteiger partial charge in [-0.2, -0.15) is 4.98 Å². The summed E-state index contributed by atoms with van der Waals surface area (Å²) < 4.78 is 5.38. The zero-order valence-electron chi connectivity index (χ0n) is 14.6. The van der Waals surface area contributed by atoms with Gasteiger partial charge < -0.3 is 14.7 Å². The van der Waals surface area contributed by atoms with Crippen molar-refractivity contribution in [3.8, 4) is 0 Å². The molecule has 1 aliphatic heterocycles. The second kappa shape index (κ2) is 7.27. The predicted octanol–water partition coefficient (Wildman–Crippen LogP) is 2.00. The Hall–Kier alpha value is -2.70. The molecule has 1 N–H and O–H groups in total. The Morgan fingerprint density at radius 1 is 1.23 bits per heavy atom. The summed E-state index contributed by atoms with van der Waals surface area (Å²) >= 11 is 0. The number of amides is 2. The topological polar surface area (TPSA) is 88.3 Å². The second-order valence-corrected chi connectivity index (χ2v) is 6.92. The highest BCUT2D eigenvalue weighted by molar-refractivity contribution is 5.80. The van der Waals surface area contributed by atoms with Gasteiger partial charge in [-0.15, -0.1) is 0 Å². The summed E-state index contributed by atoms with van der Waals surface area (Å²) in [5.41, 5.74) is 1.19. The van der Waals surface area contributed by atoms with Crippen LogP contribution in [-0.4, -0.2) is 33.4 Å². The summed E-state index contributed by atoms with van der Waals surface area (Å²) in [5, 5.41) is 6.78. The summed E-state index contributed by atoms with van der Waals surface area (Å²) in [4.78, 5) is 30.2. The maximum absolute atomic E-state index is 12.3. The van der Waals surface area contributed by atoms with Crippen LogP contribution in [0, 0.1) is 5.92 Å². The molecule has 4 rings (SSSR count). The van der Waals surface area contributed by atoms with Crippen LogP contribution in [0.3, 0.4) is 0 Å². The highest BCUT2D eigenvalue weighted by Crippen LogP contribution is 2.32. The van der Waals surface area contributed by atoms with Gasteiger partial charge in [-0.05, 0) is 31.2 Å². The third-order valence-corrected chi connectivity index (χ3v) is 4.95. The average molecular weight is 354 g/mol. The van der Waals surface area contributed by atoms with Crippen molar-refractivity contribution in [2.75, 3.05) is 6.54 Å². The van der Waals surface area contributed by atoms with Crippen molar-refractivity contribution in [3.05, 3.63) is 47.6 Å². The van der Waals surface area contributed by atoms with Gasteiger partial charge in [0.15, 0.2) is 5.82 Å². The zero-order chi connectivity index (χ0) is 17.9. The molecule has 0 unspecified atom stereocenters. The lowest BCUT2D eigenvalue weighted by molar-refractivity contribution is -0.129. The molecular weight excluding hydrogens is 332 g/mol. The molecule has 1 atom stereocenters. The maximum atomic E-state index is 12.3. The number of rotatable bonds is 7. The smallest absolute Gasteiger partial charge is 0.249 e. The minimum Gasteiger partial charge on any atom is -0.348 e.